The number of benzene rings is 1. The van der Waals surface area contributed by atoms with E-state index in [0.717, 1.165) is 5.56 Å². The molecule has 0 saturated carbocycles. The number of anilines is 1. The predicted octanol–water partition coefficient (Wildman–Crippen LogP) is 1.53. The van der Waals surface area contributed by atoms with E-state index >= 15 is 0 Å². The van der Waals surface area contributed by atoms with Gasteiger partial charge in [0, 0.05) is 44.0 Å². The van der Waals surface area contributed by atoms with Gasteiger partial charge in [0.25, 0.3) is 5.56 Å². The van der Waals surface area contributed by atoms with Gasteiger partial charge in [-0.2, -0.15) is 10.4 Å². The van der Waals surface area contributed by atoms with Crippen LogP contribution in [0.25, 0.3) is 11.3 Å². The van der Waals surface area contributed by atoms with E-state index in [2.05, 4.69) is 16.2 Å². The molecule has 0 spiro atoms. The second-order valence-electron chi connectivity index (χ2n) is 6.93. The molecule has 8 heteroatoms. The highest BCUT2D eigenvalue weighted by atomic mass is 16.2. The van der Waals surface area contributed by atoms with Gasteiger partial charge in [-0.25, -0.2) is 9.67 Å². The van der Waals surface area contributed by atoms with E-state index in [1.807, 2.05) is 35.2 Å². The summed E-state index contributed by atoms with van der Waals surface area (Å²) in [4.78, 5) is 33.0. The number of pyridine rings is 1. The van der Waals surface area contributed by atoms with Gasteiger partial charge in [0.15, 0.2) is 0 Å². The van der Waals surface area contributed by atoms with Crippen LogP contribution in [0.4, 0.5) is 5.82 Å². The molecule has 8 nitrogen and oxygen atoms in total. The molecule has 0 N–H and O–H groups in total. The first-order valence-corrected chi connectivity index (χ1v) is 9.67. The maximum atomic E-state index is 12.8. The number of hydrogen-bond donors (Lipinski definition) is 0. The Morgan fingerprint density at radius 1 is 1.00 bits per heavy atom. The van der Waals surface area contributed by atoms with Crippen LogP contribution in [-0.4, -0.2) is 51.8 Å². The lowest BCUT2D eigenvalue weighted by Gasteiger charge is -2.35. The summed E-state index contributed by atoms with van der Waals surface area (Å²) in [6, 6.07) is 18.2. The van der Waals surface area contributed by atoms with Crippen molar-refractivity contribution in [1.29, 1.82) is 5.26 Å². The fraction of sp³-hybridized carbons (Fsp3) is 0.227. The van der Waals surface area contributed by atoms with E-state index in [1.165, 1.54) is 10.7 Å². The lowest BCUT2D eigenvalue weighted by molar-refractivity contribution is -0.132. The van der Waals surface area contributed by atoms with Crippen LogP contribution in [0.2, 0.25) is 0 Å². The average molecular weight is 400 g/mol. The SMILES string of the molecule is N#Cc1cccnc1N1CCN(C(=O)Cn2nc(-c3ccccc3)ccc2=O)CC1. The fourth-order valence-corrected chi connectivity index (χ4v) is 3.46. The summed E-state index contributed by atoms with van der Waals surface area (Å²) in [7, 11) is 0. The van der Waals surface area contributed by atoms with Gasteiger partial charge in [-0.3, -0.25) is 9.59 Å². The van der Waals surface area contributed by atoms with E-state index in [4.69, 9.17) is 0 Å². The minimum absolute atomic E-state index is 0.105. The largest absolute Gasteiger partial charge is 0.352 e. The van der Waals surface area contributed by atoms with Gasteiger partial charge in [-0.05, 0) is 18.2 Å². The van der Waals surface area contributed by atoms with Crippen molar-refractivity contribution in [2.45, 2.75) is 6.54 Å². The van der Waals surface area contributed by atoms with Crippen LogP contribution >= 0.6 is 0 Å². The van der Waals surface area contributed by atoms with Crippen molar-refractivity contribution in [1.82, 2.24) is 19.7 Å². The van der Waals surface area contributed by atoms with Gasteiger partial charge in [0.05, 0.1) is 11.3 Å². The number of rotatable bonds is 4. The second-order valence-corrected chi connectivity index (χ2v) is 6.93. The Labute approximate surface area is 173 Å². The lowest BCUT2D eigenvalue weighted by atomic mass is 10.1. The van der Waals surface area contributed by atoms with Crippen molar-refractivity contribution in [3.63, 3.8) is 0 Å². The zero-order chi connectivity index (χ0) is 20.9. The summed E-state index contributed by atoms with van der Waals surface area (Å²) >= 11 is 0. The summed E-state index contributed by atoms with van der Waals surface area (Å²) < 4.78 is 1.21. The Morgan fingerprint density at radius 2 is 1.77 bits per heavy atom. The molecule has 1 aliphatic rings. The Kier molecular flexibility index (Phi) is 5.52. The molecule has 4 rings (SSSR count). The molecule has 0 atom stereocenters. The Bertz CT molecular complexity index is 1140. The minimum Gasteiger partial charge on any atom is -0.352 e. The van der Waals surface area contributed by atoms with Crippen molar-refractivity contribution in [3.05, 3.63) is 76.7 Å². The van der Waals surface area contributed by atoms with Crippen LogP contribution in [0.3, 0.4) is 0 Å². The van der Waals surface area contributed by atoms with Crippen LogP contribution in [0, 0.1) is 11.3 Å². The lowest BCUT2D eigenvalue weighted by Crippen LogP contribution is -2.50. The van der Waals surface area contributed by atoms with Gasteiger partial charge in [0.2, 0.25) is 5.91 Å². The zero-order valence-electron chi connectivity index (χ0n) is 16.3. The number of carbonyl (C=O) groups is 1. The molecule has 3 aromatic rings. The van der Waals surface area contributed by atoms with Crippen LogP contribution in [0.5, 0.6) is 0 Å². The summed E-state index contributed by atoms with van der Waals surface area (Å²) in [5.74, 6) is 0.483. The van der Waals surface area contributed by atoms with Crippen LogP contribution in [0.15, 0.2) is 65.6 Å². The zero-order valence-corrected chi connectivity index (χ0v) is 16.3. The number of aromatic nitrogens is 3. The molecule has 3 heterocycles. The molecule has 0 unspecified atom stereocenters. The first-order chi connectivity index (χ1) is 14.7. The Hall–Kier alpha value is -3.99. The first kappa shape index (κ1) is 19.3. The van der Waals surface area contributed by atoms with Gasteiger partial charge in [-0.15, -0.1) is 0 Å². The second kappa shape index (κ2) is 8.57. The molecular weight excluding hydrogens is 380 g/mol. The number of hydrogen-bond acceptors (Lipinski definition) is 6. The van der Waals surface area contributed by atoms with E-state index in [-0.39, 0.29) is 18.0 Å². The molecule has 0 aliphatic carbocycles. The summed E-state index contributed by atoms with van der Waals surface area (Å²) in [6.45, 7) is 2.03. The molecule has 1 fully saturated rings. The predicted molar refractivity (Wildman–Crippen MR) is 112 cm³/mol. The quantitative estimate of drug-likeness (QED) is 0.659. The first-order valence-electron chi connectivity index (χ1n) is 9.67. The molecule has 1 aliphatic heterocycles. The number of piperazine rings is 1. The third kappa shape index (κ3) is 4.05. The number of amides is 1. The standard InChI is InChI=1S/C22H20N6O2/c23-15-18-7-4-10-24-22(18)27-13-11-26(12-14-27)21(30)16-28-20(29)9-8-19(25-28)17-5-2-1-3-6-17/h1-10H,11-14,16H2. The van der Waals surface area contributed by atoms with Crippen LogP contribution in [-0.2, 0) is 11.3 Å². The molecule has 1 aromatic carbocycles. The fourth-order valence-electron chi connectivity index (χ4n) is 3.46. The van der Waals surface area contributed by atoms with Crippen molar-refractivity contribution in [2.75, 3.05) is 31.1 Å². The normalized spacial score (nSPS) is 13.7. The van der Waals surface area contributed by atoms with Crippen LogP contribution in [0.1, 0.15) is 5.56 Å². The molecule has 1 amide bonds. The summed E-state index contributed by atoms with van der Waals surface area (Å²) in [5.41, 5.74) is 1.74. The van der Waals surface area contributed by atoms with Crippen molar-refractivity contribution >= 4 is 11.7 Å². The highest BCUT2D eigenvalue weighted by Gasteiger charge is 2.24. The van der Waals surface area contributed by atoms with Crippen molar-refractivity contribution < 1.29 is 4.79 Å². The number of nitriles is 1. The monoisotopic (exact) mass is 400 g/mol. The van der Waals surface area contributed by atoms with Crippen LogP contribution < -0.4 is 10.5 Å². The highest BCUT2D eigenvalue weighted by molar-refractivity contribution is 5.76. The van der Waals surface area contributed by atoms with E-state index in [0.29, 0.717) is 43.3 Å². The van der Waals surface area contributed by atoms with Gasteiger partial charge < -0.3 is 9.80 Å². The maximum Gasteiger partial charge on any atom is 0.267 e. The highest BCUT2D eigenvalue weighted by Crippen LogP contribution is 2.18. The average Bonchev–Trinajstić information content (AvgIpc) is 2.81. The minimum atomic E-state index is -0.311. The number of carbonyl (C=O) groups excluding carboxylic acids is 1. The van der Waals surface area contributed by atoms with Gasteiger partial charge >= 0.3 is 0 Å². The van der Waals surface area contributed by atoms with Crippen molar-refractivity contribution in [2.24, 2.45) is 0 Å². The molecular formula is C22H20N6O2. The smallest absolute Gasteiger partial charge is 0.267 e. The van der Waals surface area contributed by atoms with E-state index in [1.54, 1.807) is 29.3 Å². The molecule has 150 valence electrons. The molecule has 0 radical (unpaired) electrons. The molecule has 1 saturated heterocycles. The third-order valence-electron chi connectivity index (χ3n) is 5.06. The summed E-state index contributed by atoms with van der Waals surface area (Å²) in [6.07, 6.45) is 1.66. The molecule has 30 heavy (non-hydrogen) atoms. The Morgan fingerprint density at radius 3 is 2.50 bits per heavy atom. The molecule has 0 bridgehead atoms. The molecule has 2 aromatic heterocycles. The topological polar surface area (TPSA) is 95.1 Å². The Balaban J connectivity index is 1.43. The maximum absolute atomic E-state index is 12.8. The van der Waals surface area contributed by atoms with Gasteiger partial charge in [-0.1, -0.05) is 30.3 Å². The third-order valence-corrected chi connectivity index (χ3v) is 5.06. The van der Waals surface area contributed by atoms with E-state index < -0.39 is 0 Å². The summed E-state index contributed by atoms with van der Waals surface area (Å²) in [5, 5.41) is 13.6. The van der Waals surface area contributed by atoms with E-state index in [9.17, 15) is 14.9 Å². The van der Waals surface area contributed by atoms with Gasteiger partial charge in [0.1, 0.15) is 18.4 Å². The number of nitrogens with zero attached hydrogens (tertiary/aromatic N) is 6. The van der Waals surface area contributed by atoms with Crippen molar-refractivity contribution in [3.8, 4) is 17.3 Å².